The molecule has 2 heteroatoms. The van der Waals surface area contributed by atoms with Crippen LogP contribution in [0.5, 0.6) is 0 Å². The standard InChI is InChI=1S/C10H11BrO/c1-10(8-12)5-2-3-9(7-11)4-6-10/h2-6,8H,7H2,1H3. The average Bonchev–Trinajstić information content (AvgIpc) is 2.28. The Kier molecular flexibility index (Phi) is 3.04. The molecule has 0 spiro atoms. The van der Waals surface area contributed by atoms with E-state index in [2.05, 4.69) is 15.9 Å². The lowest BCUT2D eigenvalue weighted by atomic mass is 9.92. The van der Waals surface area contributed by atoms with Gasteiger partial charge in [0.1, 0.15) is 6.29 Å². The van der Waals surface area contributed by atoms with E-state index < -0.39 is 5.41 Å². The largest absolute Gasteiger partial charge is 0.302 e. The summed E-state index contributed by atoms with van der Waals surface area (Å²) in [4.78, 5) is 10.7. The molecule has 0 aromatic heterocycles. The molecule has 0 aromatic carbocycles. The van der Waals surface area contributed by atoms with Crippen molar-refractivity contribution in [3.8, 4) is 0 Å². The van der Waals surface area contributed by atoms with Crippen LogP contribution in [0.1, 0.15) is 6.92 Å². The molecule has 0 fully saturated rings. The van der Waals surface area contributed by atoms with Crippen molar-refractivity contribution >= 4 is 22.2 Å². The molecule has 1 atom stereocenters. The van der Waals surface area contributed by atoms with Crippen molar-refractivity contribution < 1.29 is 4.79 Å². The number of alkyl halides is 1. The quantitative estimate of drug-likeness (QED) is 0.523. The van der Waals surface area contributed by atoms with Crippen molar-refractivity contribution in [1.82, 2.24) is 0 Å². The van der Waals surface area contributed by atoms with Crippen molar-refractivity contribution in [1.29, 1.82) is 0 Å². The first-order valence-corrected chi connectivity index (χ1v) is 4.92. The van der Waals surface area contributed by atoms with Crippen LogP contribution in [-0.4, -0.2) is 11.6 Å². The summed E-state index contributed by atoms with van der Waals surface area (Å²) in [7, 11) is 0. The molecule has 1 unspecified atom stereocenters. The average molecular weight is 227 g/mol. The molecule has 1 aliphatic rings. The lowest BCUT2D eigenvalue weighted by Crippen LogP contribution is -2.10. The number of carbonyl (C=O) groups excluding carboxylic acids is 1. The molecule has 0 saturated carbocycles. The second kappa shape index (κ2) is 3.85. The molecular weight excluding hydrogens is 216 g/mol. The van der Waals surface area contributed by atoms with Gasteiger partial charge in [-0.2, -0.15) is 0 Å². The zero-order valence-electron chi connectivity index (χ0n) is 6.96. The van der Waals surface area contributed by atoms with E-state index >= 15 is 0 Å². The van der Waals surface area contributed by atoms with Crippen molar-refractivity contribution in [3.63, 3.8) is 0 Å². The van der Waals surface area contributed by atoms with Gasteiger partial charge in [0.25, 0.3) is 0 Å². The fraction of sp³-hybridized carbons (Fsp3) is 0.300. The van der Waals surface area contributed by atoms with E-state index in [0.717, 1.165) is 11.6 Å². The molecule has 12 heavy (non-hydrogen) atoms. The van der Waals surface area contributed by atoms with E-state index in [4.69, 9.17) is 0 Å². The Hall–Kier alpha value is -0.630. The highest BCUT2D eigenvalue weighted by Gasteiger charge is 2.16. The molecule has 0 N–H and O–H groups in total. The van der Waals surface area contributed by atoms with E-state index in [1.54, 1.807) is 0 Å². The first-order chi connectivity index (χ1) is 5.70. The second-order valence-corrected chi connectivity index (χ2v) is 3.61. The Bertz CT molecular complexity index is 263. The monoisotopic (exact) mass is 226 g/mol. The maximum atomic E-state index is 10.7. The summed E-state index contributed by atoms with van der Waals surface area (Å²) < 4.78 is 0. The van der Waals surface area contributed by atoms with Gasteiger partial charge in [-0.25, -0.2) is 0 Å². The van der Waals surface area contributed by atoms with Crippen LogP contribution in [0.2, 0.25) is 0 Å². The van der Waals surface area contributed by atoms with Gasteiger partial charge in [0, 0.05) is 5.33 Å². The maximum Gasteiger partial charge on any atom is 0.133 e. The van der Waals surface area contributed by atoms with Gasteiger partial charge in [-0.3, -0.25) is 0 Å². The van der Waals surface area contributed by atoms with Crippen LogP contribution in [-0.2, 0) is 4.79 Å². The summed E-state index contributed by atoms with van der Waals surface area (Å²) in [6, 6.07) is 0. The number of allylic oxidation sites excluding steroid dienone is 6. The van der Waals surface area contributed by atoms with Crippen LogP contribution in [0.3, 0.4) is 0 Å². The van der Waals surface area contributed by atoms with Crippen molar-refractivity contribution in [3.05, 3.63) is 36.0 Å². The normalized spacial score (nSPS) is 28.0. The number of rotatable bonds is 2. The minimum Gasteiger partial charge on any atom is -0.302 e. The topological polar surface area (TPSA) is 17.1 Å². The number of carbonyl (C=O) groups is 1. The fourth-order valence-electron chi connectivity index (χ4n) is 0.944. The van der Waals surface area contributed by atoms with Crippen molar-refractivity contribution in [2.75, 3.05) is 5.33 Å². The van der Waals surface area contributed by atoms with Crippen LogP contribution in [0.4, 0.5) is 0 Å². The van der Waals surface area contributed by atoms with Gasteiger partial charge in [-0.1, -0.05) is 46.3 Å². The molecule has 0 heterocycles. The van der Waals surface area contributed by atoms with Crippen molar-refractivity contribution in [2.45, 2.75) is 6.92 Å². The highest BCUT2D eigenvalue weighted by atomic mass is 79.9. The first-order valence-electron chi connectivity index (χ1n) is 3.80. The fourth-order valence-corrected chi connectivity index (χ4v) is 1.32. The summed E-state index contributed by atoms with van der Waals surface area (Å²) >= 11 is 3.36. The minimum absolute atomic E-state index is 0.430. The molecule has 0 aliphatic heterocycles. The molecule has 0 bridgehead atoms. The SMILES string of the molecule is CC1(C=O)C=CC=C(CBr)C=C1. The zero-order valence-corrected chi connectivity index (χ0v) is 8.54. The van der Waals surface area contributed by atoms with Crippen LogP contribution >= 0.6 is 15.9 Å². The van der Waals surface area contributed by atoms with Gasteiger partial charge in [0.15, 0.2) is 0 Å². The molecular formula is C10H11BrO. The Morgan fingerprint density at radius 2 is 2.33 bits per heavy atom. The highest BCUT2D eigenvalue weighted by Crippen LogP contribution is 2.21. The molecule has 64 valence electrons. The number of hydrogen-bond acceptors (Lipinski definition) is 1. The van der Waals surface area contributed by atoms with E-state index in [0.29, 0.717) is 0 Å². The smallest absolute Gasteiger partial charge is 0.133 e. The lowest BCUT2D eigenvalue weighted by Gasteiger charge is -2.10. The Labute approximate surface area is 81.0 Å². The van der Waals surface area contributed by atoms with Gasteiger partial charge in [-0.05, 0) is 12.5 Å². The predicted molar refractivity (Wildman–Crippen MR) is 54.3 cm³/mol. The summed E-state index contributed by atoms with van der Waals surface area (Å²) in [5, 5.41) is 0.822. The Morgan fingerprint density at radius 1 is 1.58 bits per heavy atom. The molecule has 0 radical (unpaired) electrons. The molecule has 1 nitrogen and oxygen atoms in total. The van der Waals surface area contributed by atoms with Crippen LogP contribution in [0, 0.1) is 5.41 Å². The van der Waals surface area contributed by atoms with Crippen LogP contribution in [0.25, 0.3) is 0 Å². The molecule has 0 amide bonds. The number of hydrogen-bond donors (Lipinski definition) is 0. The van der Waals surface area contributed by atoms with Gasteiger partial charge in [-0.15, -0.1) is 0 Å². The molecule has 1 rings (SSSR count). The molecule has 0 saturated heterocycles. The van der Waals surface area contributed by atoms with Gasteiger partial charge in [0.2, 0.25) is 0 Å². The second-order valence-electron chi connectivity index (χ2n) is 3.05. The number of halogens is 1. The summed E-state index contributed by atoms with van der Waals surface area (Å²) in [6.45, 7) is 1.89. The Balaban J connectivity index is 2.90. The van der Waals surface area contributed by atoms with E-state index in [1.807, 2.05) is 37.3 Å². The minimum atomic E-state index is -0.430. The van der Waals surface area contributed by atoms with E-state index in [-0.39, 0.29) is 0 Å². The first kappa shape index (κ1) is 9.46. The number of aldehydes is 1. The van der Waals surface area contributed by atoms with E-state index in [1.165, 1.54) is 5.57 Å². The third kappa shape index (κ3) is 2.18. The summed E-state index contributed by atoms with van der Waals surface area (Å²) in [5.41, 5.74) is 0.747. The van der Waals surface area contributed by atoms with Crippen LogP contribution < -0.4 is 0 Å². The van der Waals surface area contributed by atoms with Gasteiger partial charge < -0.3 is 4.79 Å². The Morgan fingerprint density at radius 3 is 2.92 bits per heavy atom. The van der Waals surface area contributed by atoms with E-state index in [9.17, 15) is 4.79 Å². The zero-order chi connectivity index (χ0) is 9.03. The van der Waals surface area contributed by atoms with Gasteiger partial charge >= 0.3 is 0 Å². The summed E-state index contributed by atoms with van der Waals surface area (Å²) in [6.07, 6.45) is 10.7. The third-order valence-corrected chi connectivity index (χ3v) is 2.48. The predicted octanol–water partition coefficient (Wildman–Crippen LogP) is 2.64. The third-order valence-electron chi connectivity index (χ3n) is 1.83. The lowest BCUT2D eigenvalue weighted by molar-refractivity contribution is -0.111. The van der Waals surface area contributed by atoms with Crippen LogP contribution in [0.15, 0.2) is 36.0 Å². The molecule has 1 aliphatic carbocycles. The summed E-state index contributed by atoms with van der Waals surface area (Å²) in [5.74, 6) is 0. The maximum absolute atomic E-state index is 10.7. The highest BCUT2D eigenvalue weighted by molar-refractivity contribution is 9.09. The van der Waals surface area contributed by atoms with Gasteiger partial charge in [0.05, 0.1) is 5.41 Å². The molecule has 0 aromatic rings. The van der Waals surface area contributed by atoms with Crippen molar-refractivity contribution in [2.24, 2.45) is 5.41 Å².